The van der Waals surface area contributed by atoms with E-state index in [0.29, 0.717) is 25.8 Å². The number of carboxylic acids is 1. The number of hydrogen-bond donors (Lipinski definition) is 11. The second-order valence-electron chi connectivity index (χ2n) is 11.8. The van der Waals surface area contributed by atoms with Gasteiger partial charge in [-0.1, -0.05) is 34.1 Å². The molecular formula is C29H56N10O8. The van der Waals surface area contributed by atoms with E-state index in [1.807, 2.05) is 0 Å². The van der Waals surface area contributed by atoms with Crippen LogP contribution in [0.1, 0.15) is 72.6 Å². The summed E-state index contributed by atoms with van der Waals surface area (Å²) in [5.74, 6) is -5.33. The number of aliphatic imine (C=N–C) groups is 1. The molecule has 0 radical (unpaired) electrons. The lowest BCUT2D eigenvalue weighted by Crippen LogP contribution is -2.58. The minimum Gasteiger partial charge on any atom is -0.480 e. The first kappa shape index (κ1) is 43.0. The van der Waals surface area contributed by atoms with Gasteiger partial charge in [0, 0.05) is 6.54 Å². The molecule has 0 bridgehead atoms. The van der Waals surface area contributed by atoms with Crippen LogP contribution in [0.4, 0.5) is 0 Å². The largest absolute Gasteiger partial charge is 0.480 e. The molecule has 18 nitrogen and oxygen atoms in total. The van der Waals surface area contributed by atoms with Crippen molar-refractivity contribution in [3.05, 3.63) is 0 Å². The van der Waals surface area contributed by atoms with Crippen molar-refractivity contribution < 1.29 is 39.0 Å². The van der Waals surface area contributed by atoms with E-state index in [-0.39, 0.29) is 50.0 Å². The minimum atomic E-state index is -1.24. The number of amides is 5. The van der Waals surface area contributed by atoms with E-state index in [1.165, 1.54) is 0 Å². The molecule has 0 rings (SSSR count). The van der Waals surface area contributed by atoms with E-state index in [9.17, 15) is 39.0 Å². The van der Waals surface area contributed by atoms with Crippen LogP contribution in [0.3, 0.4) is 0 Å². The maximum Gasteiger partial charge on any atom is 0.326 e. The summed E-state index contributed by atoms with van der Waals surface area (Å²) in [4.78, 5) is 80.2. The summed E-state index contributed by atoms with van der Waals surface area (Å²) >= 11 is 0. The van der Waals surface area contributed by atoms with Gasteiger partial charge in [-0.05, 0) is 56.9 Å². The number of nitrogens with two attached hydrogens (primary N) is 4. The van der Waals surface area contributed by atoms with Crippen molar-refractivity contribution in [1.29, 1.82) is 0 Å². The predicted molar refractivity (Wildman–Crippen MR) is 175 cm³/mol. The average molecular weight is 673 g/mol. The first-order chi connectivity index (χ1) is 22.1. The van der Waals surface area contributed by atoms with Gasteiger partial charge in [0.15, 0.2) is 5.96 Å². The van der Waals surface area contributed by atoms with E-state index >= 15 is 0 Å². The minimum absolute atomic E-state index is 0.0314. The van der Waals surface area contributed by atoms with Crippen molar-refractivity contribution in [2.45, 2.75) is 103 Å². The molecule has 0 aliphatic heterocycles. The Morgan fingerprint density at radius 2 is 1.36 bits per heavy atom. The first-order valence-corrected chi connectivity index (χ1v) is 15.9. The molecule has 18 heteroatoms. The van der Waals surface area contributed by atoms with Gasteiger partial charge in [-0.2, -0.15) is 0 Å². The van der Waals surface area contributed by atoms with Gasteiger partial charge < -0.3 is 59.7 Å². The van der Waals surface area contributed by atoms with Crippen molar-refractivity contribution in [2.75, 3.05) is 26.2 Å². The predicted octanol–water partition coefficient (Wildman–Crippen LogP) is -3.28. The number of aliphatic hydroxyl groups is 1. The summed E-state index contributed by atoms with van der Waals surface area (Å²) in [6.07, 6.45) is 2.27. The molecule has 270 valence electrons. The van der Waals surface area contributed by atoms with Crippen LogP contribution in [0, 0.1) is 11.8 Å². The van der Waals surface area contributed by atoms with Crippen LogP contribution >= 0.6 is 0 Å². The number of carboxylic acid groups (broad SMARTS) is 1. The summed E-state index contributed by atoms with van der Waals surface area (Å²) in [6, 6.07) is -5.72. The zero-order chi connectivity index (χ0) is 36.1. The number of guanidine groups is 1. The standard InChI is InChI=1S/C29H56N10O8/c1-5-17(4)23(39-26(44)20(9-6-7-11-30)37-24(42)18(31)15-40)27(45)35-14-22(41)36-19(10-8-12-34-29(32)33)25(43)38-21(28(46)47)13-16(2)3/h16-21,23,40H,5-15,30-31H2,1-4H3,(H,35,45)(H,36,41)(H,37,42)(H,38,43)(H,39,44)(H,46,47)(H4,32,33,34)/t17-,18-,19-,20-,21-,23-/m0/s1. The second-order valence-corrected chi connectivity index (χ2v) is 11.8. The van der Waals surface area contributed by atoms with Gasteiger partial charge in [0.25, 0.3) is 0 Å². The lowest BCUT2D eigenvalue weighted by Gasteiger charge is -2.27. The number of hydrogen-bond acceptors (Lipinski definition) is 10. The Balaban J connectivity index is 5.67. The number of carbonyl (C=O) groups excluding carboxylic acids is 5. The molecule has 0 aromatic carbocycles. The Morgan fingerprint density at radius 3 is 1.89 bits per heavy atom. The molecule has 0 saturated carbocycles. The topological polar surface area (TPSA) is 319 Å². The van der Waals surface area contributed by atoms with Gasteiger partial charge in [0.2, 0.25) is 29.5 Å². The molecule has 0 heterocycles. The monoisotopic (exact) mass is 672 g/mol. The maximum absolute atomic E-state index is 13.2. The summed E-state index contributed by atoms with van der Waals surface area (Å²) in [5, 5.41) is 31.3. The highest BCUT2D eigenvalue weighted by atomic mass is 16.4. The van der Waals surface area contributed by atoms with Gasteiger partial charge in [-0.3, -0.25) is 29.0 Å². The molecule has 0 aliphatic rings. The normalized spacial score (nSPS) is 14.8. The third-order valence-corrected chi connectivity index (χ3v) is 7.25. The third kappa shape index (κ3) is 18.0. The summed E-state index contributed by atoms with van der Waals surface area (Å²) in [7, 11) is 0. The quantitative estimate of drug-likeness (QED) is 0.0273. The molecule has 5 amide bonds. The fraction of sp³-hybridized carbons (Fsp3) is 0.759. The summed E-state index contributed by atoms with van der Waals surface area (Å²) in [6.45, 7) is 6.48. The second kappa shape index (κ2) is 23.3. The Hall–Kier alpha value is -4.03. The zero-order valence-corrected chi connectivity index (χ0v) is 27.9. The molecule has 15 N–H and O–H groups in total. The number of carbonyl (C=O) groups is 6. The zero-order valence-electron chi connectivity index (χ0n) is 27.9. The molecule has 0 saturated heterocycles. The van der Waals surface area contributed by atoms with Gasteiger partial charge in [0.1, 0.15) is 30.2 Å². The van der Waals surface area contributed by atoms with Crippen molar-refractivity contribution in [3.8, 4) is 0 Å². The average Bonchev–Trinajstić information content (AvgIpc) is 3.01. The Labute approximate surface area is 276 Å². The van der Waals surface area contributed by atoms with Crippen LogP contribution in [-0.2, 0) is 28.8 Å². The molecule has 47 heavy (non-hydrogen) atoms. The Morgan fingerprint density at radius 1 is 0.787 bits per heavy atom. The molecule has 6 atom stereocenters. The highest BCUT2D eigenvalue weighted by molar-refractivity contribution is 5.95. The van der Waals surface area contributed by atoms with Crippen LogP contribution in [-0.4, -0.2) is 108 Å². The van der Waals surface area contributed by atoms with Crippen molar-refractivity contribution >= 4 is 41.5 Å². The number of aliphatic hydroxyl groups excluding tert-OH is 1. The van der Waals surface area contributed by atoms with Crippen molar-refractivity contribution in [1.82, 2.24) is 26.6 Å². The number of rotatable bonds is 24. The molecule has 0 aromatic heterocycles. The summed E-state index contributed by atoms with van der Waals surface area (Å²) in [5.41, 5.74) is 21.8. The Kier molecular flexibility index (Phi) is 21.3. The fourth-order valence-corrected chi connectivity index (χ4v) is 4.34. The molecule has 0 spiro atoms. The fourth-order valence-electron chi connectivity index (χ4n) is 4.34. The smallest absolute Gasteiger partial charge is 0.326 e. The summed E-state index contributed by atoms with van der Waals surface area (Å²) < 4.78 is 0. The lowest BCUT2D eigenvalue weighted by atomic mass is 9.97. The van der Waals surface area contributed by atoms with Crippen molar-refractivity contribution in [3.63, 3.8) is 0 Å². The van der Waals surface area contributed by atoms with Crippen LogP contribution in [0.2, 0.25) is 0 Å². The number of nitrogens with zero attached hydrogens (tertiary/aromatic N) is 1. The van der Waals surface area contributed by atoms with E-state index in [4.69, 9.17) is 22.9 Å². The molecule has 0 fully saturated rings. The maximum atomic E-state index is 13.2. The SMILES string of the molecule is CC[C@H](C)[C@H](NC(=O)[C@H](CCCCN)NC(=O)[C@@H](N)CO)C(=O)NCC(=O)N[C@@H](CCCN=C(N)N)C(=O)N[C@@H](CC(C)C)C(=O)O. The van der Waals surface area contributed by atoms with Gasteiger partial charge in [-0.25, -0.2) is 4.79 Å². The van der Waals surface area contributed by atoms with Crippen LogP contribution < -0.4 is 49.5 Å². The van der Waals surface area contributed by atoms with Crippen LogP contribution in [0.15, 0.2) is 4.99 Å². The highest BCUT2D eigenvalue weighted by Gasteiger charge is 2.31. The molecular weight excluding hydrogens is 616 g/mol. The van der Waals surface area contributed by atoms with Gasteiger partial charge in [-0.15, -0.1) is 0 Å². The van der Waals surface area contributed by atoms with E-state index in [2.05, 4.69) is 31.6 Å². The van der Waals surface area contributed by atoms with Crippen LogP contribution in [0.5, 0.6) is 0 Å². The molecule has 0 unspecified atom stereocenters. The lowest BCUT2D eigenvalue weighted by molar-refractivity contribution is -0.142. The van der Waals surface area contributed by atoms with Crippen LogP contribution in [0.25, 0.3) is 0 Å². The third-order valence-electron chi connectivity index (χ3n) is 7.25. The molecule has 0 aromatic rings. The number of unbranched alkanes of at least 4 members (excludes halogenated alkanes) is 1. The van der Waals surface area contributed by atoms with Gasteiger partial charge in [0.05, 0.1) is 13.2 Å². The van der Waals surface area contributed by atoms with Crippen molar-refractivity contribution in [2.24, 2.45) is 39.8 Å². The van der Waals surface area contributed by atoms with E-state index < -0.39 is 78.9 Å². The van der Waals surface area contributed by atoms with E-state index in [1.54, 1.807) is 27.7 Å². The number of aliphatic carboxylic acids is 1. The highest BCUT2D eigenvalue weighted by Crippen LogP contribution is 2.11. The van der Waals surface area contributed by atoms with Gasteiger partial charge >= 0.3 is 5.97 Å². The first-order valence-electron chi connectivity index (χ1n) is 15.9. The van der Waals surface area contributed by atoms with E-state index in [0.717, 1.165) is 0 Å². The number of nitrogens with one attached hydrogen (secondary N) is 5. The molecule has 0 aliphatic carbocycles. The Bertz CT molecular complexity index is 1050.